The minimum atomic E-state index is -3.64. The van der Waals surface area contributed by atoms with E-state index in [-0.39, 0.29) is 101 Å². The van der Waals surface area contributed by atoms with Gasteiger partial charge < -0.3 is 106 Å². The number of nitrogens with one attached hydrogen (secondary N) is 6. The molecule has 3 aliphatic rings. The Bertz CT molecular complexity index is 4920. The van der Waals surface area contributed by atoms with Crippen LogP contribution in [0.4, 0.5) is 35.3 Å². The Morgan fingerprint density at radius 2 is 0.689 bits per heavy atom. The molecule has 3 unspecified atom stereocenters. The molecule has 39 nitrogen and oxygen atoms in total. The monoisotopic (exact) mass is 1960 g/mol. The molecule has 0 saturated heterocycles. The molecule has 0 amide bonds. The Kier molecular flexibility index (Phi) is 53.5. The molecular formula is C87H144Cl3N24O15P3. The third-order valence-electron chi connectivity index (χ3n) is 18.8. The number of aromatic nitrogens is 12. The molecule has 0 aliphatic heterocycles. The molecule has 7 atom stereocenters. The average Bonchev–Trinajstić information content (AvgIpc) is 1.65. The highest BCUT2D eigenvalue weighted by molar-refractivity contribution is 7.57. The number of nitrogens with zero attached hydrogens (tertiary/aromatic N) is 12. The van der Waals surface area contributed by atoms with Crippen LogP contribution in [0.5, 0.6) is 17.2 Å². The van der Waals surface area contributed by atoms with Gasteiger partial charge in [0.15, 0.2) is 50.9 Å². The SMILES string of the molecule is CC(C)N.CC(C)N.CCCCCCCCOC(=O)[C@H](C)NP(=O)(COCCn1cnc2c(NC3CC3)nc(N)nc21)Oc1ccccc1.CCCCCCOC(=O)[C@H](C)NP(=O)(COCCn1cnc2c(NC3CC3)nc(N)nc21)Oc1ccccc1.CCOC(=O)[C@H](CC)NP(=O)(COCCn1cnc2c(NC3CC3)nc(N)nc21)Oc1ccccc1.CC[C@@H](C)N.Cl.Cl.Cl. The number of rotatable bonds is 51. The lowest BCUT2D eigenvalue weighted by molar-refractivity contribution is -0.146. The quantitative estimate of drug-likeness (QED) is 0.00729. The zero-order valence-corrected chi connectivity index (χ0v) is 83.5. The number of anilines is 6. The molecule has 0 spiro atoms. The van der Waals surface area contributed by atoms with Gasteiger partial charge in [0.25, 0.3) is 0 Å². The van der Waals surface area contributed by atoms with Crippen molar-refractivity contribution < 1.29 is 70.1 Å². The summed E-state index contributed by atoms with van der Waals surface area (Å²) < 4.78 is 97.4. The molecular weight excluding hydrogens is 1820 g/mol. The third-order valence-corrected chi connectivity index (χ3v) is 24.2. The van der Waals surface area contributed by atoms with E-state index < -0.39 is 58.6 Å². The van der Waals surface area contributed by atoms with Gasteiger partial charge in [-0.2, -0.15) is 29.9 Å². The van der Waals surface area contributed by atoms with E-state index in [2.05, 4.69) is 96.8 Å². The summed E-state index contributed by atoms with van der Waals surface area (Å²) in [6, 6.07) is 26.1. The summed E-state index contributed by atoms with van der Waals surface area (Å²) in [7, 11) is -10.9. The Morgan fingerprint density at radius 1 is 0.402 bits per heavy atom. The second kappa shape index (κ2) is 61.2. The van der Waals surface area contributed by atoms with E-state index in [9.17, 15) is 28.1 Å². The molecule has 738 valence electrons. The van der Waals surface area contributed by atoms with Gasteiger partial charge in [-0.05, 0) is 140 Å². The van der Waals surface area contributed by atoms with Crippen LogP contribution in [0, 0.1) is 0 Å². The summed E-state index contributed by atoms with van der Waals surface area (Å²) in [5.41, 5.74) is 37.0. The average molecular weight is 1970 g/mol. The van der Waals surface area contributed by atoms with Crippen LogP contribution >= 0.6 is 59.8 Å². The first kappa shape index (κ1) is 115. The fourth-order valence-electron chi connectivity index (χ4n) is 11.7. The number of hydrogen-bond donors (Lipinski definition) is 12. The molecule has 3 fully saturated rings. The maximum atomic E-state index is 13.8. The molecule has 9 aromatic rings. The fraction of sp³-hybridized carbons (Fsp3) is 0.586. The van der Waals surface area contributed by atoms with Crippen molar-refractivity contribution in [2.45, 2.75) is 273 Å². The van der Waals surface area contributed by atoms with Crippen LogP contribution < -0.4 is 79.2 Å². The van der Waals surface area contributed by atoms with Crippen LogP contribution in [0.2, 0.25) is 0 Å². The molecule has 132 heavy (non-hydrogen) atoms. The maximum absolute atomic E-state index is 13.8. The van der Waals surface area contributed by atoms with Crippen molar-refractivity contribution in [3.05, 3.63) is 110 Å². The van der Waals surface area contributed by atoms with Gasteiger partial charge in [0.1, 0.15) is 54.4 Å². The summed E-state index contributed by atoms with van der Waals surface area (Å²) >= 11 is 0. The van der Waals surface area contributed by atoms with Crippen LogP contribution in [0.25, 0.3) is 33.5 Å². The third kappa shape index (κ3) is 43.6. The van der Waals surface area contributed by atoms with Crippen molar-refractivity contribution in [1.29, 1.82) is 0 Å². The minimum absolute atomic E-state index is 0. The molecule has 6 aromatic heterocycles. The minimum Gasteiger partial charge on any atom is -0.465 e. The molecule has 3 aromatic carbocycles. The summed E-state index contributed by atoms with van der Waals surface area (Å²) in [6.45, 7) is 25.5. The second-order valence-electron chi connectivity index (χ2n) is 32.3. The Balaban J connectivity index is 0.000000383. The molecule has 6 heterocycles. The topological polar surface area (TPSA) is 545 Å². The number of benzene rings is 3. The van der Waals surface area contributed by atoms with Crippen molar-refractivity contribution in [3.63, 3.8) is 0 Å². The normalized spacial score (nSPS) is 14.8. The molecule has 0 radical (unpaired) electrons. The number of nitrogens with two attached hydrogens (primary N) is 6. The number of esters is 3. The number of ether oxygens (including phenoxy) is 6. The molecule has 0 bridgehead atoms. The van der Waals surface area contributed by atoms with Gasteiger partial charge in [-0.1, -0.05) is 161 Å². The van der Waals surface area contributed by atoms with E-state index in [0.29, 0.717) is 144 Å². The van der Waals surface area contributed by atoms with Crippen LogP contribution in [-0.4, -0.2) is 190 Å². The van der Waals surface area contributed by atoms with E-state index in [1.165, 1.54) is 19.3 Å². The van der Waals surface area contributed by atoms with Crippen molar-refractivity contribution in [2.75, 3.05) is 91.8 Å². The number of fused-ring (bicyclic) bond motifs is 3. The lowest BCUT2D eigenvalue weighted by Crippen LogP contribution is -2.37. The van der Waals surface area contributed by atoms with E-state index in [1.54, 1.807) is 129 Å². The molecule has 3 saturated carbocycles. The van der Waals surface area contributed by atoms with Gasteiger partial charge in [0, 0.05) is 43.8 Å². The van der Waals surface area contributed by atoms with E-state index in [1.807, 2.05) is 57.4 Å². The summed E-state index contributed by atoms with van der Waals surface area (Å²) in [5, 5.41) is 18.5. The number of carbonyl (C=O) groups is 3. The van der Waals surface area contributed by atoms with Gasteiger partial charge >= 0.3 is 40.5 Å². The van der Waals surface area contributed by atoms with E-state index in [0.717, 1.165) is 89.9 Å². The molecule has 12 rings (SSSR count). The van der Waals surface area contributed by atoms with Crippen molar-refractivity contribution in [3.8, 4) is 17.2 Å². The van der Waals surface area contributed by atoms with E-state index in [4.69, 9.17) is 76.4 Å². The highest BCUT2D eigenvalue weighted by atomic mass is 35.5. The largest absolute Gasteiger partial charge is 0.465 e. The zero-order chi connectivity index (χ0) is 93.7. The summed E-state index contributed by atoms with van der Waals surface area (Å²) in [5.74, 6) is 2.09. The van der Waals surface area contributed by atoms with E-state index >= 15 is 0 Å². The number of imidazole rings is 3. The molecule has 3 aliphatic carbocycles. The highest BCUT2D eigenvalue weighted by Gasteiger charge is 2.36. The number of unbranched alkanes of at least 4 members (excludes halogenated alkanes) is 8. The van der Waals surface area contributed by atoms with Gasteiger partial charge in [-0.25, -0.2) is 30.2 Å². The van der Waals surface area contributed by atoms with Crippen LogP contribution in [0.1, 0.15) is 199 Å². The van der Waals surface area contributed by atoms with Crippen molar-refractivity contribution in [1.82, 2.24) is 73.8 Å². The maximum Gasteiger partial charge on any atom is 0.342 e. The predicted molar refractivity (Wildman–Crippen MR) is 528 cm³/mol. The summed E-state index contributed by atoms with van der Waals surface area (Å²) in [4.78, 5) is 76.6. The zero-order valence-electron chi connectivity index (χ0n) is 78.3. The Labute approximate surface area is 794 Å². The Morgan fingerprint density at radius 3 is 0.970 bits per heavy atom. The molecule has 18 N–H and O–H groups in total. The van der Waals surface area contributed by atoms with Gasteiger partial charge in [-0.15, -0.1) is 37.2 Å². The highest BCUT2D eigenvalue weighted by Crippen LogP contribution is 2.47. The number of carbonyl (C=O) groups excluding carboxylic acids is 3. The smallest absolute Gasteiger partial charge is 0.342 e. The van der Waals surface area contributed by atoms with Gasteiger partial charge in [0.2, 0.25) is 17.8 Å². The standard InChI is InChI=1S/C28H42N7O5P.C26H38N7O5P.C23H32N7O5P.C4H11N.2C3H9N.3ClH/c1-3-4-5-6-7-11-17-39-27(36)21(2)34-41(37,40-23-12-9-8-10-13-23)20-38-18-16-35-19-30-24-25(31-22-14-15-22)32-28(29)33-26(24)35;1-3-4-5-9-15-37-25(34)19(2)32-39(35,38-21-10-7-6-8-11-21)18-36-16-14-33-17-28-22-23(29-20-12-13-20)30-26(27)31-24(22)33;1-3-18(22(31)34-4-2)29-36(32,35-17-8-6-5-7-9-17)15-33-13-12-30-14-25-19-20(26-16-10-11-16)27-23(24)28-21(19)30;1-3-4(2)5;2*1-3(2)4;;;/h8-10,12-13,19,21-22H,3-7,11,14-18,20H2,1-2H3,(H,34,37)(H3,29,31,32,33);6-8,10-11,17,19-20H,3-5,9,12-16,18H2,1-2H3,(H,32,35)(H3,27,29,30,31);5-9,14,16,18H,3-4,10-13,15H2,1-2H3,(H,29,32)(H3,24,26,27,28);4H,3,5H2,1-2H3;2*3H,4H2,1-2H3;3*1H/t21-,41?;19-,39?;18-,36?;4-;;;;;/m0001...../s1. The Hall–Kier alpha value is -8.88. The lowest BCUT2D eigenvalue weighted by Gasteiger charge is -2.24. The molecule has 45 heteroatoms. The van der Waals surface area contributed by atoms with Crippen molar-refractivity contribution in [2.24, 2.45) is 17.2 Å². The predicted octanol–water partition coefficient (Wildman–Crippen LogP) is 15.3. The van der Waals surface area contributed by atoms with Crippen LogP contribution in [0.15, 0.2) is 110 Å². The fourth-order valence-corrected chi connectivity index (χ4v) is 16.9. The number of halogens is 3. The lowest BCUT2D eigenvalue weighted by atomic mass is 10.1. The van der Waals surface area contributed by atoms with Gasteiger partial charge in [0.05, 0.1) is 58.6 Å². The number of nitrogen functional groups attached to an aromatic ring is 3. The number of para-hydroxylation sites is 3. The number of hydrogen-bond acceptors (Lipinski definition) is 33. The van der Waals surface area contributed by atoms with Crippen LogP contribution in [-0.2, 0) is 76.1 Å². The first-order chi connectivity index (χ1) is 61.9. The van der Waals surface area contributed by atoms with Crippen LogP contribution in [0.3, 0.4) is 0 Å². The first-order valence-corrected chi connectivity index (χ1v) is 50.4. The summed E-state index contributed by atoms with van der Waals surface area (Å²) in [6.07, 6.45) is 22.7. The second-order valence-corrected chi connectivity index (χ2v) is 38.4. The van der Waals surface area contributed by atoms with Crippen molar-refractivity contribution >= 4 is 146 Å². The first-order valence-electron chi connectivity index (χ1n) is 45.0. The van der Waals surface area contributed by atoms with Gasteiger partial charge in [-0.3, -0.25) is 28.1 Å².